The molecule has 0 aliphatic carbocycles. The minimum Gasteiger partial charge on any atom is -0.493 e. The van der Waals surface area contributed by atoms with Crippen molar-refractivity contribution in [3.63, 3.8) is 0 Å². The van der Waals surface area contributed by atoms with Gasteiger partial charge in [0.15, 0.2) is 26.5 Å². The number of sulfone groups is 1. The van der Waals surface area contributed by atoms with E-state index >= 15 is 0 Å². The number of aromatic nitrogens is 1. The average Bonchev–Trinajstić information content (AvgIpc) is 3.44. The predicted octanol–water partition coefficient (Wildman–Crippen LogP) is 5.25. The first-order valence-corrected chi connectivity index (χ1v) is 14.3. The average molecular weight is 564 g/mol. The topological polar surface area (TPSA) is 128 Å². The molecule has 4 aromatic rings. The van der Waals surface area contributed by atoms with Gasteiger partial charge in [-0.1, -0.05) is 19.1 Å². The quantitative estimate of drug-likeness (QED) is 0.277. The molecule has 1 atom stereocenters. The third-order valence-electron chi connectivity index (χ3n) is 5.81. The Morgan fingerprint density at radius 3 is 2.33 bits per heavy atom. The maximum atomic E-state index is 13.4. The van der Waals surface area contributed by atoms with E-state index in [-0.39, 0.29) is 10.6 Å². The molecule has 0 aliphatic heterocycles. The van der Waals surface area contributed by atoms with Crippen molar-refractivity contribution in [2.45, 2.75) is 17.9 Å². The van der Waals surface area contributed by atoms with Gasteiger partial charge in [-0.15, -0.1) is 11.3 Å². The Bertz CT molecular complexity index is 1610. The zero-order chi connectivity index (χ0) is 28.0. The van der Waals surface area contributed by atoms with Gasteiger partial charge < -0.3 is 14.2 Å². The number of thiazole rings is 1. The monoisotopic (exact) mass is 563 g/mol. The molecule has 0 spiro atoms. The van der Waals surface area contributed by atoms with E-state index in [4.69, 9.17) is 19.5 Å². The minimum absolute atomic E-state index is 0.0372. The van der Waals surface area contributed by atoms with Crippen LogP contribution in [0.15, 0.2) is 77.0 Å². The van der Waals surface area contributed by atoms with Gasteiger partial charge in [-0.05, 0) is 54.6 Å². The Morgan fingerprint density at radius 1 is 1.03 bits per heavy atom. The van der Waals surface area contributed by atoms with Crippen LogP contribution in [-0.2, 0) is 14.6 Å². The first-order chi connectivity index (χ1) is 18.8. The number of benzene rings is 3. The summed E-state index contributed by atoms with van der Waals surface area (Å²) in [5.74, 6) is 0.969. The molecule has 4 rings (SSSR count). The van der Waals surface area contributed by atoms with E-state index in [1.54, 1.807) is 75.1 Å². The SMILES string of the molecule is CCS(=O)(=O)c1ccc(C(Oc2ccc(C#N)cc2)C(=O)Nc2nc(-c3ccc(OC)c(OC)c3)cs2)cc1. The highest BCUT2D eigenvalue weighted by Gasteiger charge is 2.25. The molecule has 0 radical (unpaired) electrons. The summed E-state index contributed by atoms with van der Waals surface area (Å²) in [6, 6.07) is 19.8. The number of methoxy groups -OCH3 is 2. The molecule has 1 amide bonds. The second-order valence-corrected chi connectivity index (χ2v) is 11.3. The second kappa shape index (κ2) is 12.0. The van der Waals surface area contributed by atoms with Crippen molar-refractivity contribution >= 4 is 32.2 Å². The summed E-state index contributed by atoms with van der Waals surface area (Å²) in [4.78, 5) is 18.1. The minimum atomic E-state index is -3.41. The number of rotatable bonds is 10. The van der Waals surface area contributed by atoms with Gasteiger partial charge in [0, 0.05) is 16.5 Å². The predicted molar refractivity (Wildman–Crippen MR) is 148 cm³/mol. The normalized spacial score (nSPS) is 11.7. The molecular formula is C28H25N3O6S2. The van der Waals surface area contributed by atoms with Gasteiger partial charge in [0.1, 0.15) is 5.75 Å². The largest absolute Gasteiger partial charge is 0.493 e. The van der Waals surface area contributed by atoms with E-state index in [0.29, 0.717) is 39.2 Å². The molecule has 200 valence electrons. The van der Waals surface area contributed by atoms with Crippen LogP contribution < -0.4 is 19.5 Å². The Labute approximate surface area is 230 Å². The summed E-state index contributed by atoms with van der Waals surface area (Å²) < 4.78 is 41.2. The summed E-state index contributed by atoms with van der Waals surface area (Å²) in [6.45, 7) is 1.57. The van der Waals surface area contributed by atoms with Crippen LogP contribution in [0.2, 0.25) is 0 Å². The van der Waals surface area contributed by atoms with Crippen LogP contribution in [0.3, 0.4) is 0 Å². The highest BCUT2D eigenvalue weighted by molar-refractivity contribution is 7.91. The number of nitriles is 1. The summed E-state index contributed by atoms with van der Waals surface area (Å²) in [6.07, 6.45) is -1.12. The van der Waals surface area contributed by atoms with Gasteiger partial charge in [0.2, 0.25) is 6.10 Å². The van der Waals surface area contributed by atoms with Crippen molar-refractivity contribution < 1.29 is 27.4 Å². The number of carbonyl (C=O) groups is 1. The summed E-state index contributed by atoms with van der Waals surface area (Å²) in [7, 11) is -0.302. The zero-order valence-corrected chi connectivity index (χ0v) is 23.0. The fraction of sp³-hybridized carbons (Fsp3) is 0.179. The van der Waals surface area contributed by atoms with Crippen LogP contribution >= 0.6 is 11.3 Å². The smallest absolute Gasteiger partial charge is 0.271 e. The second-order valence-electron chi connectivity index (χ2n) is 8.20. The zero-order valence-electron chi connectivity index (χ0n) is 21.4. The van der Waals surface area contributed by atoms with Crippen molar-refractivity contribution in [3.8, 4) is 34.6 Å². The lowest BCUT2D eigenvalue weighted by Gasteiger charge is -2.19. The Balaban J connectivity index is 1.60. The van der Waals surface area contributed by atoms with Crippen LogP contribution in [-0.4, -0.2) is 39.3 Å². The summed E-state index contributed by atoms with van der Waals surface area (Å²) in [5, 5.41) is 14.0. The Hall–Kier alpha value is -4.40. The highest BCUT2D eigenvalue weighted by atomic mass is 32.2. The van der Waals surface area contributed by atoms with Gasteiger partial charge >= 0.3 is 0 Å². The molecule has 3 aromatic carbocycles. The summed E-state index contributed by atoms with van der Waals surface area (Å²) >= 11 is 1.24. The van der Waals surface area contributed by atoms with E-state index in [0.717, 1.165) is 5.56 Å². The molecule has 1 aromatic heterocycles. The van der Waals surface area contributed by atoms with Crippen LogP contribution in [0.1, 0.15) is 24.2 Å². The Kier molecular flexibility index (Phi) is 8.49. The molecule has 0 saturated heterocycles. The van der Waals surface area contributed by atoms with E-state index < -0.39 is 21.8 Å². The highest BCUT2D eigenvalue weighted by Crippen LogP contribution is 2.34. The van der Waals surface area contributed by atoms with E-state index in [9.17, 15) is 13.2 Å². The molecule has 39 heavy (non-hydrogen) atoms. The maximum absolute atomic E-state index is 13.4. The Morgan fingerprint density at radius 2 is 1.72 bits per heavy atom. The van der Waals surface area contributed by atoms with Crippen LogP contribution in [0.25, 0.3) is 11.3 Å². The molecule has 0 saturated carbocycles. The number of carbonyl (C=O) groups excluding carboxylic acids is 1. The van der Waals surface area contributed by atoms with Gasteiger partial charge in [0.05, 0.1) is 42.2 Å². The van der Waals surface area contributed by atoms with Crippen molar-refractivity contribution in [2.24, 2.45) is 0 Å². The lowest BCUT2D eigenvalue weighted by Crippen LogP contribution is -2.25. The number of ether oxygens (including phenoxy) is 3. The lowest BCUT2D eigenvalue weighted by molar-refractivity contribution is -0.123. The number of hydrogen-bond donors (Lipinski definition) is 1. The molecule has 9 nitrogen and oxygen atoms in total. The van der Waals surface area contributed by atoms with Crippen molar-refractivity contribution in [3.05, 3.63) is 83.2 Å². The number of nitrogens with one attached hydrogen (secondary N) is 1. The van der Waals surface area contributed by atoms with Crippen LogP contribution in [0.4, 0.5) is 5.13 Å². The van der Waals surface area contributed by atoms with E-state index in [2.05, 4.69) is 10.3 Å². The van der Waals surface area contributed by atoms with Gasteiger partial charge in [0.25, 0.3) is 5.91 Å². The molecular weight excluding hydrogens is 538 g/mol. The molecule has 0 aliphatic rings. The number of amides is 1. The van der Waals surface area contributed by atoms with Crippen molar-refractivity contribution in [1.82, 2.24) is 4.98 Å². The van der Waals surface area contributed by atoms with Gasteiger partial charge in [-0.25, -0.2) is 13.4 Å². The van der Waals surface area contributed by atoms with Gasteiger partial charge in [-0.3, -0.25) is 10.1 Å². The van der Waals surface area contributed by atoms with Gasteiger partial charge in [-0.2, -0.15) is 5.26 Å². The molecule has 11 heteroatoms. The third-order valence-corrected chi connectivity index (χ3v) is 8.32. The first kappa shape index (κ1) is 27.6. The standard InChI is InChI=1S/C28H25N3O6S2/c1-4-39(33,34)22-12-7-19(8-13-22)26(37-21-10-5-18(16-29)6-11-21)27(32)31-28-30-23(17-38-28)20-9-14-24(35-2)25(15-20)36-3/h5-15,17,26H,4H2,1-3H3,(H,30,31,32). The number of hydrogen-bond acceptors (Lipinski definition) is 9. The molecule has 1 unspecified atom stereocenters. The first-order valence-electron chi connectivity index (χ1n) is 11.8. The summed E-state index contributed by atoms with van der Waals surface area (Å²) in [5.41, 5.74) is 2.31. The van der Waals surface area contributed by atoms with E-state index in [1.807, 2.05) is 12.1 Å². The maximum Gasteiger partial charge on any atom is 0.271 e. The van der Waals surface area contributed by atoms with Crippen molar-refractivity contribution in [1.29, 1.82) is 5.26 Å². The molecule has 1 heterocycles. The molecule has 0 fully saturated rings. The lowest BCUT2D eigenvalue weighted by atomic mass is 10.1. The number of nitrogens with zero attached hydrogens (tertiary/aromatic N) is 2. The molecule has 1 N–H and O–H groups in total. The van der Waals surface area contributed by atoms with E-state index in [1.165, 1.54) is 23.5 Å². The number of anilines is 1. The van der Waals surface area contributed by atoms with Crippen LogP contribution in [0.5, 0.6) is 17.2 Å². The van der Waals surface area contributed by atoms with Crippen LogP contribution in [0, 0.1) is 11.3 Å². The van der Waals surface area contributed by atoms with Crippen molar-refractivity contribution in [2.75, 3.05) is 25.3 Å². The fourth-order valence-electron chi connectivity index (χ4n) is 3.66. The molecule has 0 bridgehead atoms. The third kappa shape index (κ3) is 6.37. The fourth-order valence-corrected chi connectivity index (χ4v) is 5.27.